The molecule has 2 aromatic rings. The van der Waals surface area contributed by atoms with Crippen LogP contribution in [0.25, 0.3) is 0 Å². The van der Waals surface area contributed by atoms with Crippen LogP contribution in [0, 0.1) is 11.6 Å². The molecule has 1 aliphatic carbocycles. The third kappa shape index (κ3) is 3.51. The molecule has 0 bridgehead atoms. The fraction of sp³-hybridized carbons (Fsp3) is 0.267. The zero-order valence-electron chi connectivity index (χ0n) is 12.6. The molecule has 1 aliphatic rings. The quantitative estimate of drug-likeness (QED) is 0.783. The van der Waals surface area contributed by atoms with E-state index in [1.54, 1.807) is 6.07 Å². The first kappa shape index (κ1) is 17.1. The molecule has 3 rings (SSSR count). The van der Waals surface area contributed by atoms with Gasteiger partial charge in [0.2, 0.25) is 5.82 Å². The average Bonchev–Trinajstić information content (AvgIpc) is 3.35. The maximum atomic E-state index is 14.4. The molecule has 0 amide bonds. The van der Waals surface area contributed by atoms with E-state index >= 15 is 0 Å². The van der Waals surface area contributed by atoms with Crippen molar-refractivity contribution in [1.82, 2.24) is 4.57 Å². The average molecular weight is 418 g/mol. The number of aromatic nitrogens is 1. The van der Waals surface area contributed by atoms with Crippen molar-refractivity contribution in [3.63, 3.8) is 0 Å². The van der Waals surface area contributed by atoms with E-state index < -0.39 is 28.2 Å². The molecule has 1 aromatic carbocycles. The summed E-state index contributed by atoms with van der Waals surface area (Å²) in [6, 6.07) is 4.22. The number of hydrogen-bond donors (Lipinski definition) is 2. The van der Waals surface area contributed by atoms with Crippen molar-refractivity contribution in [2.75, 3.05) is 10.0 Å². The minimum atomic E-state index is -1.39. The summed E-state index contributed by atoms with van der Waals surface area (Å²) < 4.78 is 44.8. The fourth-order valence-corrected chi connectivity index (χ4v) is 3.53. The van der Waals surface area contributed by atoms with Gasteiger partial charge in [-0.1, -0.05) is 15.9 Å². The third-order valence-corrected chi connectivity index (χ3v) is 5.54. The lowest BCUT2D eigenvalue weighted by molar-refractivity contribution is 0.595. The zero-order chi connectivity index (χ0) is 17.4. The first-order valence-electron chi connectivity index (χ1n) is 7.15. The van der Waals surface area contributed by atoms with Gasteiger partial charge in [-0.3, -0.25) is 4.79 Å². The van der Waals surface area contributed by atoms with Gasteiger partial charge in [-0.2, -0.15) is 4.39 Å². The number of halogens is 3. The molecule has 2 N–H and O–H groups in total. The molecule has 1 heterocycles. The van der Waals surface area contributed by atoms with Crippen LogP contribution in [0.1, 0.15) is 12.8 Å². The van der Waals surface area contributed by atoms with Gasteiger partial charge in [0.15, 0.2) is 0 Å². The highest BCUT2D eigenvalue weighted by atomic mass is 79.9. The van der Waals surface area contributed by atoms with Crippen molar-refractivity contribution < 1.29 is 13.0 Å². The Morgan fingerprint density at radius 2 is 2.00 bits per heavy atom. The van der Waals surface area contributed by atoms with Crippen LogP contribution < -0.4 is 15.6 Å². The van der Waals surface area contributed by atoms with E-state index in [2.05, 4.69) is 26.0 Å². The molecular formula is C15H14BrF2N3O2S. The Bertz CT molecular complexity index is 884. The molecule has 1 aromatic heterocycles. The maximum Gasteiger partial charge on any atom is 0.288 e. The van der Waals surface area contributed by atoms with Crippen molar-refractivity contribution in [1.29, 1.82) is 0 Å². The minimum absolute atomic E-state index is 0.00519. The summed E-state index contributed by atoms with van der Waals surface area (Å²) in [7, 11) is 0.00417. The molecular weight excluding hydrogens is 404 g/mol. The van der Waals surface area contributed by atoms with Gasteiger partial charge in [-0.05, 0) is 31.0 Å². The number of benzene rings is 1. The molecule has 5 nitrogen and oxygen atoms in total. The molecule has 9 heteroatoms. The second kappa shape index (κ2) is 6.64. The van der Waals surface area contributed by atoms with E-state index in [0.29, 0.717) is 4.47 Å². The van der Waals surface area contributed by atoms with Crippen molar-refractivity contribution >= 4 is 44.0 Å². The predicted molar refractivity (Wildman–Crippen MR) is 93.8 cm³/mol. The Kier molecular flexibility index (Phi) is 4.73. The fourth-order valence-electron chi connectivity index (χ4n) is 2.10. The first-order valence-corrected chi connectivity index (χ1v) is 9.16. The minimum Gasteiger partial charge on any atom is -0.349 e. The number of pyridine rings is 1. The molecule has 1 unspecified atom stereocenters. The summed E-state index contributed by atoms with van der Waals surface area (Å²) in [6.45, 7) is 0. The lowest BCUT2D eigenvalue weighted by Gasteiger charge is -2.16. The van der Waals surface area contributed by atoms with Crippen LogP contribution in [0.3, 0.4) is 0 Å². The second-order valence-electron chi connectivity index (χ2n) is 5.50. The number of anilines is 3. The molecule has 128 valence electrons. The molecule has 0 saturated heterocycles. The van der Waals surface area contributed by atoms with Crippen molar-refractivity contribution in [2.24, 2.45) is 7.05 Å². The van der Waals surface area contributed by atoms with Gasteiger partial charge in [-0.15, -0.1) is 0 Å². The van der Waals surface area contributed by atoms with Crippen LogP contribution >= 0.6 is 15.9 Å². The molecule has 24 heavy (non-hydrogen) atoms. The predicted octanol–water partition coefficient (Wildman–Crippen LogP) is 3.41. The largest absolute Gasteiger partial charge is 0.349 e. The molecule has 0 radical (unpaired) electrons. The Morgan fingerprint density at radius 1 is 1.29 bits per heavy atom. The van der Waals surface area contributed by atoms with Crippen LogP contribution in [-0.4, -0.2) is 14.0 Å². The van der Waals surface area contributed by atoms with Crippen LogP contribution in [0.5, 0.6) is 0 Å². The lowest BCUT2D eigenvalue weighted by atomic mass is 10.2. The highest BCUT2D eigenvalue weighted by Crippen LogP contribution is 2.32. The Balaban J connectivity index is 2.02. The van der Waals surface area contributed by atoms with Crippen molar-refractivity contribution in [3.8, 4) is 0 Å². The number of hydrogen-bond acceptors (Lipinski definition) is 3. The highest BCUT2D eigenvalue weighted by molar-refractivity contribution is 9.10. The van der Waals surface area contributed by atoms with Crippen molar-refractivity contribution in [3.05, 3.63) is 50.9 Å². The van der Waals surface area contributed by atoms with Gasteiger partial charge in [-0.25, -0.2) is 8.60 Å². The molecule has 1 atom stereocenters. The Morgan fingerprint density at radius 3 is 2.62 bits per heavy atom. The van der Waals surface area contributed by atoms with E-state index in [4.69, 9.17) is 0 Å². The maximum absolute atomic E-state index is 14.4. The summed E-state index contributed by atoms with van der Waals surface area (Å²) in [6.07, 6.45) is 3.00. The zero-order valence-corrected chi connectivity index (χ0v) is 15.0. The summed E-state index contributed by atoms with van der Waals surface area (Å²) >= 11 is 3.14. The molecule has 0 aliphatic heterocycles. The highest BCUT2D eigenvalue weighted by Gasteiger charge is 2.29. The van der Waals surface area contributed by atoms with Gasteiger partial charge in [0.05, 0.1) is 16.6 Å². The van der Waals surface area contributed by atoms with E-state index in [-0.39, 0.29) is 22.3 Å². The second-order valence-corrected chi connectivity index (χ2v) is 7.88. The number of nitrogens with one attached hydrogen (secondary N) is 2. The van der Waals surface area contributed by atoms with Crippen LogP contribution in [0.4, 0.5) is 25.8 Å². The van der Waals surface area contributed by atoms with Crippen molar-refractivity contribution in [2.45, 2.75) is 18.1 Å². The number of aryl methyl sites for hydroxylation is 1. The monoisotopic (exact) mass is 417 g/mol. The van der Waals surface area contributed by atoms with Crippen LogP contribution in [-0.2, 0) is 18.0 Å². The third-order valence-electron chi connectivity index (χ3n) is 3.55. The topological polar surface area (TPSA) is 63.1 Å². The van der Waals surface area contributed by atoms with E-state index in [1.807, 2.05) is 0 Å². The van der Waals surface area contributed by atoms with E-state index in [9.17, 15) is 17.8 Å². The Labute approximate surface area is 147 Å². The van der Waals surface area contributed by atoms with E-state index in [0.717, 1.165) is 17.4 Å². The molecule has 1 fully saturated rings. The number of nitrogens with zero attached hydrogens (tertiary/aromatic N) is 1. The van der Waals surface area contributed by atoms with Crippen LogP contribution in [0.2, 0.25) is 0 Å². The van der Waals surface area contributed by atoms with Gasteiger partial charge >= 0.3 is 0 Å². The number of rotatable bonds is 5. The standard InChI is InChI=1S/C15H14BrF2N3O2S/c1-21-7-12(20-24(23)9-3-4-9)14(13(18)15(21)22)19-11-5-2-8(16)6-10(11)17/h2,5-7,9,19-20H,3-4H2,1H3. The van der Waals surface area contributed by atoms with Crippen LogP contribution in [0.15, 0.2) is 33.7 Å². The van der Waals surface area contributed by atoms with Gasteiger partial charge in [0.25, 0.3) is 5.56 Å². The SMILES string of the molecule is Cn1cc(NS(=O)C2CC2)c(Nc2ccc(Br)cc2F)c(F)c1=O. The first-order chi connectivity index (χ1) is 11.4. The van der Waals surface area contributed by atoms with Gasteiger partial charge in [0.1, 0.15) is 22.5 Å². The van der Waals surface area contributed by atoms with E-state index in [1.165, 1.54) is 25.4 Å². The normalized spacial score (nSPS) is 15.2. The molecule has 1 saturated carbocycles. The van der Waals surface area contributed by atoms with Gasteiger partial charge in [0, 0.05) is 17.7 Å². The summed E-state index contributed by atoms with van der Waals surface area (Å²) in [5, 5.41) is 2.60. The Hall–Kier alpha value is -1.74. The summed E-state index contributed by atoms with van der Waals surface area (Å²) in [5.74, 6) is -1.68. The molecule has 0 spiro atoms. The smallest absolute Gasteiger partial charge is 0.288 e. The van der Waals surface area contributed by atoms with Gasteiger partial charge < -0.3 is 14.6 Å². The summed E-state index contributed by atoms with van der Waals surface area (Å²) in [4.78, 5) is 11.8. The summed E-state index contributed by atoms with van der Waals surface area (Å²) in [5.41, 5.74) is -0.946. The lowest BCUT2D eigenvalue weighted by Crippen LogP contribution is -2.23.